The van der Waals surface area contributed by atoms with Gasteiger partial charge in [0, 0.05) is 29.2 Å². The minimum absolute atomic E-state index is 0.163. The van der Waals surface area contributed by atoms with Crippen molar-refractivity contribution in [1.82, 2.24) is 0 Å². The van der Waals surface area contributed by atoms with Gasteiger partial charge in [0.05, 0.1) is 18.4 Å². The summed E-state index contributed by atoms with van der Waals surface area (Å²) in [6.45, 7) is 0.820. The molecule has 3 aromatic rings. The molecule has 1 N–H and O–H groups in total. The summed E-state index contributed by atoms with van der Waals surface area (Å²) < 4.78 is 11.8. The molecule has 3 heteroatoms. The van der Waals surface area contributed by atoms with E-state index in [9.17, 15) is 0 Å². The van der Waals surface area contributed by atoms with Gasteiger partial charge in [0.1, 0.15) is 5.76 Å². The highest BCUT2D eigenvalue weighted by Gasteiger charge is 2.42. The van der Waals surface area contributed by atoms with Crippen molar-refractivity contribution in [2.75, 3.05) is 11.9 Å². The van der Waals surface area contributed by atoms with Crippen LogP contribution in [0.15, 0.2) is 59.2 Å². The van der Waals surface area contributed by atoms with Crippen molar-refractivity contribution in [2.24, 2.45) is 5.92 Å². The maximum atomic E-state index is 6.08. The molecule has 0 amide bonds. The Labute approximate surface area is 128 Å². The van der Waals surface area contributed by atoms with Crippen LogP contribution < -0.4 is 5.32 Å². The van der Waals surface area contributed by atoms with Crippen molar-refractivity contribution in [3.8, 4) is 0 Å². The Kier molecular flexibility index (Phi) is 2.58. The summed E-state index contributed by atoms with van der Waals surface area (Å²) in [6, 6.07) is 17.1. The number of hydrogen-bond acceptors (Lipinski definition) is 3. The van der Waals surface area contributed by atoms with Gasteiger partial charge in [-0.05, 0) is 23.9 Å². The minimum atomic E-state index is 0.163. The summed E-state index contributed by atoms with van der Waals surface area (Å²) in [4.78, 5) is 0. The first kappa shape index (κ1) is 12.3. The predicted octanol–water partition coefficient (Wildman–Crippen LogP) is 4.68. The molecule has 0 radical (unpaired) electrons. The van der Waals surface area contributed by atoms with E-state index < -0.39 is 0 Å². The Bertz CT molecular complexity index is 825. The molecular formula is C19H17NO2. The first-order valence-electron chi connectivity index (χ1n) is 7.85. The molecule has 0 aliphatic carbocycles. The Morgan fingerprint density at radius 3 is 2.86 bits per heavy atom. The van der Waals surface area contributed by atoms with Gasteiger partial charge < -0.3 is 14.5 Å². The van der Waals surface area contributed by atoms with Gasteiger partial charge in [-0.15, -0.1) is 0 Å². The summed E-state index contributed by atoms with van der Waals surface area (Å²) >= 11 is 0. The van der Waals surface area contributed by atoms with Gasteiger partial charge in [-0.25, -0.2) is 0 Å². The second kappa shape index (κ2) is 4.62. The number of ether oxygens (including phenoxy) is 1. The summed E-state index contributed by atoms with van der Waals surface area (Å²) in [5.74, 6) is 1.43. The zero-order chi connectivity index (χ0) is 14.5. The molecule has 0 bridgehead atoms. The van der Waals surface area contributed by atoms with Gasteiger partial charge in [-0.2, -0.15) is 0 Å². The topological polar surface area (TPSA) is 34.4 Å². The SMILES string of the molecule is c1coc([C@@H]2Nc3c(ccc4ccccc34)[C@H]3OCC[C@H]32)c1. The van der Waals surface area contributed by atoms with Crippen LogP contribution in [0, 0.1) is 5.92 Å². The molecular weight excluding hydrogens is 274 g/mol. The standard InChI is InChI=1S/C19H17NO2/c1-2-5-13-12(4-1)7-8-14-17(13)20-18(16-6-3-10-21-16)15-9-11-22-19(14)15/h1-8,10,15,18-20H,9,11H2/t15-,18+,19+/m0/s1. The lowest BCUT2D eigenvalue weighted by Crippen LogP contribution is -2.29. The molecule has 3 nitrogen and oxygen atoms in total. The molecule has 3 atom stereocenters. The third-order valence-electron chi connectivity index (χ3n) is 4.98. The van der Waals surface area contributed by atoms with Crippen LogP contribution >= 0.6 is 0 Å². The molecule has 0 spiro atoms. The Hall–Kier alpha value is -2.26. The van der Waals surface area contributed by atoms with Crippen LogP contribution in [0.1, 0.15) is 29.9 Å². The lowest BCUT2D eigenvalue weighted by molar-refractivity contribution is 0.0810. The summed E-state index contributed by atoms with van der Waals surface area (Å²) in [5, 5.41) is 6.25. The lowest BCUT2D eigenvalue weighted by atomic mass is 9.82. The molecule has 3 heterocycles. The van der Waals surface area contributed by atoms with Crippen LogP contribution in [-0.4, -0.2) is 6.61 Å². The van der Waals surface area contributed by atoms with E-state index in [2.05, 4.69) is 47.8 Å². The molecule has 1 saturated heterocycles. The van der Waals surface area contributed by atoms with E-state index in [1.54, 1.807) is 6.26 Å². The summed E-state index contributed by atoms with van der Waals surface area (Å²) in [5.41, 5.74) is 2.48. The van der Waals surface area contributed by atoms with Crippen LogP contribution in [0.2, 0.25) is 0 Å². The lowest BCUT2D eigenvalue weighted by Gasteiger charge is -2.35. The van der Waals surface area contributed by atoms with Crippen LogP contribution in [0.25, 0.3) is 10.8 Å². The zero-order valence-corrected chi connectivity index (χ0v) is 12.2. The Balaban J connectivity index is 1.72. The average molecular weight is 291 g/mol. The number of rotatable bonds is 1. The van der Waals surface area contributed by atoms with Gasteiger partial charge >= 0.3 is 0 Å². The number of benzene rings is 2. The van der Waals surface area contributed by atoms with E-state index in [4.69, 9.17) is 9.15 Å². The van der Waals surface area contributed by atoms with Crippen molar-refractivity contribution in [3.63, 3.8) is 0 Å². The van der Waals surface area contributed by atoms with Gasteiger partial charge in [-0.1, -0.05) is 36.4 Å². The third kappa shape index (κ3) is 1.66. The van der Waals surface area contributed by atoms with E-state index >= 15 is 0 Å². The van der Waals surface area contributed by atoms with Gasteiger partial charge in [0.2, 0.25) is 0 Å². The highest BCUT2D eigenvalue weighted by atomic mass is 16.5. The zero-order valence-electron chi connectivity index (χ0n) is 12.2. The molecule has 5 rings (SSSR count). The second-order valence-electron chi connectivity index (χ2n) is 6.13. The quantitative estimate of drug-likeness (QED) is 0.707. The molecule has 0 saturated carbocycles. The second-order valence-corrected chi connectivity index (χ2v) is 6.13. The van der Waals surface area contributed by atoms with E-state index in [0.29, 0.717) is 5.92 Å². The number of nitrogens with one attached hydrogen (secondary N) is 1. The molecule has 22 heavy (non-hydrogen) atoms. The Morgan fingerprint density at radius 1 is 1.00 bits per heavy atom. The first-order valence-corrected chi connectivity index (χ1v) is 7.85. The monoisotopic (exact) mass is 291 g/mol. The normalized spacial score (nSPS) is 26.5. The van der Waals surface area contributed by atoms with Gasteiger partial charge in [0.15, 0.2) is 0 Å². The van der Waals surface area contributed by atoms with E-state index in [-0.39, 0.29) is 12.1 Å². The van der Waals surface area contributed by atoms with E-state index in [1.165, 1.54) is 22.0 Å². The van der Waals surface area contributed by atoms with E-state index in [0.717, 1.165) is 18.8 Å². The molecule has 1 fully saturated rings. The number of anilines is 1. The maximum Gasteiger partial charge on any atom is 0.126 e. The number of hydrogen-bond donors (Lipinski definition) is 1. The fourth-order valence-corrected chi connectivity index (χ4v) is 3.97. The summed E-state index contributed by atoms with van der Waals surface area (Å²) in [6.07, 6.45) is 2.98. The van der Waals surface area contributed by atoms with Crippen molar-refractivity contribution in [2.45, 2.75) is 18.6 Å². The smallest absolute Gasteiger partial charge is 0.126 e. The van der Waals surface area contributed by atoms with Crippen molar-refractivity contribution < 1.29 is 9.15 Å². The predicted molar refractivity (Wildman–Crippen MR) is 85.8 cm³/mol. The largest absolute Gasteiger partial charge is 0.467 e. The van der Waals surface area contributed by atoms with Gasteiger partial charge in [-0.3, -0.25) is 0 Å². The van der Waals surface area contributed by atoms with Crippen molar-refractivity contribution in [3.05, 3.63) is 66.1 Å². The van der Waals surface area contributed by atoms with Gasteiger partial charge in [0.25, 0.3) is 0 Å². The molecule has 1 aromatic heterocycles. The molecule has 110 valence electrons. The van der Waals surface area contributed by atoms with Crippen LogP contribution in [0.3, 0.4) is 0 Å². The molecule has 0 unspecified atom stereocenters. The highest BCUT2D eigenvalue weighted by molar-refractivity contribution is 5.96. The van der Waals surface area contributed by atoms with Crippen molar-refractivity contribution in [1.29, 1.82) is 0 Å². The fourth-order valence-electron chi connectivity index (χ4n) is 3.97. The maximum absolute atomic E-state index is 6.08. The number of furan rings is 1. The van der Waals surface area contributed by atoms with Crippen LogP contribution in [0.4, 0.5) is 5.69 Å². The highest BCUT2D eigenvalue weighted by Crippen LogP contribution is 2.51. The van der Waals surface area contributed by atoms with Crippen LogP contribution in [0.5, 0.6) is 0 Å². The van der Waals surface area contributed by atoms with Crippen LogP contribution in [-0.2, 0) is 4.74 Å². The Morgan fingerprint density at radius 2 is 1.95 bits per heavy atom. The molecule has 2 aliphatic rings. The summed E-state index contributed by atoms with van der Waals surface area (Å²) in [7, 11) is 0. The number of fused-ring (bicyclic) bond motifs is 5. The van der Waals surface area contributed by atoms with E-state index in [1.807, 2.05) is 6.07 Å². The molecule has 2 aliphatic heterocycles. The molecule has 2 aromatic carbocycles. The minimum Gasteiger partial charge on any atom is -0.467 e. The van der Waals surface area contributed by atoms with Crippen molar-refractivity contribution >= 4 is 16.5 Å². The third-order valence-corrected chi connectivity index (χ3v) is 4.98. The average Bonchev–Trinajstić information content (AvgIpc) is 3.25. The fraction of sp³-hybridized carbons (Fsp3) is 0.263. The first-order chi connectivity index (χ1) is 10.9.